The maximum Gasteiger partial charge on any atom is 0.238 e. The number of aryl methyl sites for hydroxylation is 1. The maximum atomic E-state index is 13.3. The van der Waals surface area contributed by atoms with E-state index in [4.69, 9.17) is 4.42 Å². The van der Waals surface area contributed by atoms with Gasteiger partial charge < -0.3 is 9.73 Å². The van der Waals surface area contributed by atoms with Crippen LogP contribution < -0.4 is 5.32 Å². The standard InChI is InChI=1S/C22H17BrN2O3S/c1-15-7-5-6-10-19(15)20-25-22(21(28-20)24-17-8-3-2-4-9-17)29(26,27)18-13-11-16(23)12-14-18/h2-14,24H,1H3. The molecule has 0 saturated carbocycles. The molecule has 0 aliphatic carbocycles. The number of nitrogens with zero attached hydrogens (tertiary/aromatic N) is 1. The summed E-state index contributed by atoms with van der Waals surface area (Å²) in [5, 5.41) is 2.90. The molecule has 0 amide bonds. The normalized spacial score (nSPS) is 11.4. The third kappa shape index (κ3) is 3.97. The molecule has 5 nitrogen and oxygen atoms in total. The molecule has 1 aromatic heterocycles. The van der Waals surface area contributed by atoms with Crippen molar-refractivity contribution < 1.29 is 12.8 Å². The number of rotatable bonds is 5. The summed E-state index contributed by atoms with van der Waals surface area (Å²) >= 11 is 3.33. The first-order valence-electron chi connectivity index (χ1n) is 8.85. The number of oxazole rings is 1. The molecule has 7 heteroatoms. The molecule has 4 aromatic rings. The van der Waals surface area contributed by atoms with Gasteiger partial charge in [-0.3, -0.25) is 0 Å². The number of aromatic nitrogens is 1. The van der Waals surface area contributed by atoms with Gasteiger partial charge in [0.15, 0.2) is 0 Å². The zero-order chi connectivity index (χ0) is 20.4. The molecule has 146 valence electrons. The first-order chi connectivity index (χ1) is 13.9. The molecular weight excluding hydrogens is 452 g/mol. The van der Waals surface area contributed by atoms with E-state index >= 15 is 0 Å². The van der Waals surface area contributed by atoms with Crippen molar-refractivity contribution in [2.45, 2.75) is 16.8 Å². The minimum atomic E-state index is -3.89. The second-order valence-corrected chi connectivity index (χ2v) is 9.20. The Labute approximate surface area is 177 Å². The van der Waals surface area contributed by atoms with Crippen molar-refractivity contribution >= 4 is 37.3 Å². The Morgan fingerprint density at radius 2 is 1.55 bits per heavy atom. The number of sulfone groups is 1. The van der Waals surface area contributed by atoms with Gasteiger partial charge in [0.05, 0.1) is 4.90 Å². The van der Waals surface area contributed by atoms with Gasteiger partial charge in [-0.15, -0.1) is 0 Å². The van der Waals surface area contributed by atoms with Crippen LogP contribution in [0, 0.1) is 6.92 Å². The van der Waals surface area contributed by atoms with Crippen LogP contribution in [0.1, 0.15) is 5.56 Å². The van der Waals surface area contributed by atoms with Gasteiger partial charge in [0, 0.05) is 15.7 Å². The molecule has 0 unspecified atom stereocenters. The Morgan fingerprint density at radius 1 is 0.897 bits per heavy atom. The van der Waals surface area contributed by atoms with Crippen molar-refractivity contribution in [3.63, 3.8) is 0 Å². The molecule has 3 aromatic carbocycles. The predicted molar refractivity (Wildman–Crippen MR) is 116 cm³/mol. The summed E-state index contributed by atoms with van der Waals surface area (Å²) in [6, 6.07) is 23.2. The molecule has 0 radical (unpaired) electrons. The first-order valence-corrected chi connectivity index (χ1v) is 11.1. The fraction of sp³-hybridized carbons (Fsp3) is 0.0455. The molecule has 1 heterocycles. The molecule has 0 aliphatic heterocycles. The predicted octanol–water partition coefficient (Wildman–Crippen LogP) is 5.99. The zero-order valence-corrected chi connectivity index (χ0v) is 17.9. The fourth-order valence-electron chi connectivity index (χ4n) is 2.87. The van der Waals surface area contributed by atoms with Crippen LogP contribution in [0.4, 0.5) is 11.6 Å². The second-order valence-electron chi connectivity index (χ2n) is 6.42. The van der Waals surface area contributed by atoms with Gasteiger partial charge in [0.2, 0.25) is 26.6 Å². The molecule has 0 aliphatic rings. The van der Waals surface area contributed by atoms with E-state index in [1.54, 1.807) is 12.1 Å². The van der Waals surface area contributed by atoms with Crippen LogP contribution in [0.25, 0.3) is 11.5 Å². The summed E-state index contributed by atoms with van der Waals surface area (Å²) in [5.74, 6) is 0.328. The van der Waals surface area contributed by atoms with E-state index in [1.807, 2.05) is 61.5 Å². The van der Waals surface area contributed by atoms with E-state index in [2.05, 4.69) is 26.2 Å². The molecule has 0 bridgehead atoms. The molecule has 1 N–H and O–H groups in total. The Balaban J connectivity index is 1.87. The molecule has 4 rings (SSSR count). The minimum absolute atomic E-state index is 0.0809. The highest BCUT2D eigenvalue weighted by molar-refractivity contribution is 9.10. The average molecular weight is 469 g/mol. The number of hydrogen-bond acceptors (Lipinski definition) is 5. The van der Waals surface area contributed by atoms with Gasteiger partial charge in [-0.2, -0.15) is 4.98 Å². The SMILES string of the molecule is Cc1ccccc1-c1nc(S(=O)(=O)c2ccc(Br)cc2)c(Nc2ccccc2)o1. The highest BCUT2D eigenvalue weighted by atomic mass is 79.9. The minimum Gasteiger partial charge on any atom is -0.419 e. The average Bonchev–Trinajstić information content (AvgIpc) is 3.14. The van der Waals surface area contributed by atoms with Crippen LogP contribution in [0.3, 0.4) is 0 Å². The number of nitrogens with one attached hydrogen (secondary N) is 1. The van der Waals surface area contributed by atoms with Crippen molar-refractivity contribution in [3.05, 3.63) is 88.9 Å². The number of anilines is 2. The Hall–Kier alpha value is -2.90. The molecule has 0 fully saturated rings. The Bertz CT molecular complexity index is 1250. The van der Waals surface area contributed by atoms with E-state index in [1.165, 1.54) is 12.1 Å². The lowest BCUT2D eigenvalue weighted by atomic mass is 10.1. The van der Waals surface area contributed by atoms with E-state index in [-0.39, 0.29) is 21.7 Å². The lowest BCUT2D eigenvalue weighted by Crippen LogP contribution is -2.05. The van der Waals surface area contributed by atoms with Gasteiger partial charge >= 0.3 is 0 Å². The molecule has 29 heavy (non-hydrogen) atoms. The maximum absolute atomic E-state index is 13.3. The molecular formula is C22H17BrN2O3S. The van der Waals surface area contributed by atoms with E-state index in [9.17, 15) is 8.42 Å². The van der Waals surface area contributed by atoms with Crippen molar-refractivity contribution in [2.24, 2.45) is 0 Å². The van der Waals surface area contributed by atoms with E-state index in [0.717, 1.165) is 15.6 Å². The molecule has 0 atom stereocenters. The summed E-state index contributed by atoms with van der Waals surface area (Å²) in [6.07, 6.45) is 0. The lowest BCUT2D eigenvalue weighted by molar-refractivity contribution is 0.581. The highest BCUT2D eigenvalue weighted by Crippen LogP contribution is 2.35. The van der Waals surface area contributed by atoms with Crippen molar-refractivity contribution in [3.8, 4) is 11.5 Å². The number of hydrogen-bond donors (Lipinski definition) is 1. The number of para-hydroxylation sites is 1. The van der Waals surface area contributed by atoms with Crippen molar-refractivity contribution in [1.29, 1.82) is 0 Å². The molecule has 0 spiro atoms. The van der Waals surface area contributed by atoms with E-state index < -0.39 is 9.84 Å². The largest absolute Gasteiger partial charge is 0.419 e. The van der Waals surface area contributed by atoms with Gasteiger partial charge in [0.25, 0.3) is 0 Å². The van der Waals surface area contributed by atoms with Gasteiger partial charge in [0.1, 0.15) is 0 Å². The van der Waals surface area contributed by atoms with Crippen molar-refractivity contribution in [2.75, 3.05) is 5.32 Å². The fourth-order valence-corrected chi connectivity index (χ4v) is 4.40. The van der Waals surface area contributed by atoms with Crippen molar-refractivity contribution in [1.82, 2.24) is 4.98 Å². The van der Waals surface area contributed by atoms with Crippen LogP contribution in [0.5, 0.6) is 0 Å². The highest BCUT2D eigenvalue weighted by Gasteiger charge is 2.29. The van der Waals surface area contributed by atoms with E-state index in [0.29, 0.717) is 5.69 Å². The third-order valence-corrected chi connectivity index (χ3v) is 6.59. The Kier molecular flexibility index (Phi) is 5.25. The smallest absolute Gasteiger partial charge is 0.238 e. The van der Waals surface area contributed by atoms with Crippen LogP contribution >= 0.6 is 15.9 Å². The molecule has 0 saturated heterocycles. The monoisotopic (exact) mass is 468 g/mol. The summed E-state index contributed by atoms with van der Waals surface area (Å²) in [6.45, 7) is 1.92. The summed E-state index contributed by atoms with van der Waals surface area (Å²) in [7, 11) is -3.89. The van der Waals surface area contributed by atoms with Crippen LogP contribution in [-0.4, -0.2) is 13.4 Å². The number of halogens is 1. The quantitative estimate of drug-likeness (QED) is 0.389. The topological polar surface area (TPSA) is 72.2 Å². The zero-order valence-electron chi connectivity index (χ0n) is 15.5. The number of benzene rings is 3. The third-order valence-electron chi connectivity index (χ3n) is 4.38. The van der Waals surface area contributed by atoms with Gasteiger partial charge in [-0.1, -0.05) is 52.3 Å². The van der Waals surface area contributed by atoms with Gasteiger partial charge in [-0.05, 0) is 55.0 Å². The van der Waals surface area contributed by atoms with Crippen LogP contribution in [0.2, 0.25) is 0 Å². The summed E-state index contributed by atoms with van der Waals surface area (Å²) < 4.78 is 33.3. The second kappa shape index (κ2) is 7.85. The lowest BCUT2D eigenvalue weighted by Gasteiger charge is -2.06. The Morgan fingerprint density at radius 3 is 2.24 bits per heavy atom. The van der Waals surface area contributed by atoms with Gasteiger partial charge in [-0.25, -0.2) is 8.42 Å². The van der Waals surface area contributed by atoms with Crippen LogP contribution in [0.15, 0.2) is 97.7 Å². The van der Waals surface area contributed by atoms with Crippen LogP contribution in [-0.2, 0) is 9.84 Å². The first kappa shape index (κ1) is 19.4. The summed E-state index contributed by atoms with van der Waals surface area (Å²) in [5.41, 5.74) is 2.38. The summed E-state index contributed by atoms with van der Waals surface area (Å²) in [4.78, 5) is 4.52.